The van der Waals surface area contributed by atoms with Crippen LogP contribution in [-0.2, 0) is 17.5 Å². The molecule has 0 aliphatic rings. The second-order valence-corrected chi connectivity index (χ2v) is 7.47. The summed E-state index contributed by atoms with van der Waals surface area (Å²) in [6.07, 6.45) is 3.00. The molecule has 1 aromatic heterocycles. The molecule has 146 valence electrons. The molecule has 0 saturated heterocycles. The summed E-state index contributed by atoms with van der Waals surface area (Å²) in [5.41, 5.74) is 1.08. The average Bonchev–Trinajstić information content (AvgIpc) is 2.73. The van der Waals surface area contributed by atoms with Gasteiger partial charge in [0.25, 0.3) is 5.56 Å². The zero-order valence-electron chi connectivity index (χ0n) is 15.9. The summed E-state index contributed by atoms with van der Waals surface area (Å²) < 4.78 is 18.3. The predicted octanol–water partition coefficient (Wildman–Crippen LogP) is 3.69. The Morgan fingerprint density at radius 1 is 1.18 bits per heavy atom. The van der Waals surface area contributed by atoms with Crippen molar-refractivity contribution in [3.05, 3.63) is 64.4 Å². The molecule has 0 bridgehead atoms. The van der Waals surface area contributed by atoms with Crippen molar-refractivity contribution in [3.63, 3.8) is 0 Å². The molecule has 0 aliphatic heterocycles. The van der Waals surface area contributed by atoms with Gasteiger partial charge in [-0.25, -0.2) is 4.21 Å². The highest BCUT2D eigenvalue weighted by Crippen LogP contribution is 2.26. The van der Waals surface area contributed by atoms with E-state index in [4.69, 9.17) is 0 Å². The minimum absolute atomic E-state index is 0.0464. The van der Waals surface area contributed by atoms with E-state index in [-0.39, 0.29) is 16.9 Å². The second kappa shape index (κ2) is 8.84. The van der Waals surface area contributed by atoms with E-state index in [0.717, 1.165) is 12.8 Å². The summed E-state index contributed by atoms with van der Waals surface area (Å²) in [4.78, 5) is 13.5. The molecule has 7 heteroatoms. The molecule has 1 unspecified atom stereocenters. The molecule has 1 heterocycles. The van der Waals surface area contributed by atoms with Gasteiger partial charge in [-0.3, -0.25) is 4.79 Å². The van der Waals surface area contributed by atoms with Crippen LogP contribution in [0.1, 0.15) is 25.3 Å². The van der Waals surface area contributed by atoms with Gasteiger partial charge in [-0.05, 0) is 30.7 Å². The van der Waals surface area contributed by atoms with Crippen molar-refractivity contribution in [2.75, 3.05) is 12.4 Å². The lowest BCUT2D eigenvalue weighted by Gasteiger charge is -2.13. The molecule has 2 aromatic carbocycles. The molecule has 0 amide bonds. The number of aromatic hydroxyl groups is 1. The maximum atomic E-state index is 13.0. The largest absolute Gasteiger partial charge is 0.506 e. The molecule has 3 rings (SSSR count). The number of para-hydroxylation sites is 2. The Bertz CT molecular complexity index is 1110. The smallest absolute Gasteiger partial charge is 0.263 e. The van der Waals surface area contributed by atoms with Crippen LogP contribution in [-0.4, -0.2) is 27.1 Å². The Morgan fingerprint density at radius 2 is 1.89 bits per heavy atom. The van der Waals surface area contributed by atoms with Crippen LogP contribution in [0.2, 0.25) is 0 Å². The van der Waals surface area contributed by atoms with Gasteiger partial charge in [0.05, 0.1) is 22.3 Å². The first kappa shape index (κ1) is 19.8. The first-order valence-electron chi connectivity index (χ1n) is 9.15. The van der Waals surface area contributed by atoms with Crippen LogP contribution in [0.4, 0.5) is 5.69 Å². The number of pyridine rings is 1. The number of unbranched alkanes of at least 4 members (excludes halogenated alkanes) is 1. The van der Waals surface area contributed by atoms with Crippen LogP contribution in [0.25, 0.3) is 10.9 Å². The minimum atomic E-state index is -1.71. The van der Waals surface area contributed by atoms with E-state index in [1.807, 2.05) is 18.2 Å². The number of fused-ring (bicyclic) bond motifs is 1. The number of hydrogen-bond acceptors (Lipinski definition) is 4. The molecule has 1 atom stereocenters. The quantitative estimate of drug-likeness (QED) is 0.596. The van der Waals surface area contributed by atoms with E-state index < -0.39 is 11.0 Å². The first-order chi connectivity index (χ1) is 13.6. The van der Waals surface area contributed by atoms with Gasteiger partial charge in [0.2, 0.25) is 0 Å². The van der Waals surface area contributed by atoms with Gasteiger partial charge in [-0.1, -0.05) is 37.6 Å². The SMILES string of the molecule is CCCCn1c(=O)c(/C=N/S(=O)c2ccccc2NC)c(O)c2ccccc21. The summed E-state index contributed by atoms with van der Waals surface area (Å²) in [7, 11) is 0.0275. The van der Waals surface area contributed by atoms with E-state index in [1.54, 1.807) is 41.9 Å². The van der Waals surface area contributed by atoms with Gasteiger partial charge >= 0.3 is 0 Å². The normalized spacial score (nSPS) is 12.5. The Kier molecular flexibility index (Phi) is 6.26. The van der Waals surface area contributed by atoms with Crippen LogP contribution < -0.4 is 10.9 Å². The summed E-state index contributed by atoms with van der Waals surface area (Å²) in [5, 5.41) is 14.2. The number of anilines is 1. The third-order valence-electron chi connectivity index (χ3n) is 4.54. The van der Waals surface area contributed by atoms with E-state index in [9.17, 15) is 14.1 Å². The molecular weight excluding hydrogens is 374 g/mol. The Morgan fingerprint density at radius 3 is 2.64 bits per heavy atom. The lowest BCUT2D eigenvalue weighted by molar-refractivity contribution is 0.477. The number of nitrogens with one attached hydrogen (secondary N) is 1. The molecule has 28 heavy (non-hydrogen) atoms. The van der Waals surface area contributed by atoms with Gasteiger partial charge in [-0.2, -0.15) is 4.40 Å². The molecule has 0 spiro atoms. The fourth-order valence-electron chi connectivity index (χ4n) is 3.05. The van der Waals surface area contributed by atoms with Gasteiger partial charge in [-0.15, -0.1) is 0 Å². The van der Waals surface area contributed by atoms with Crippen LogP contribution in [0, 0.1) is 0 Å². The highest BCUT2D eigenvalue weighted by Gasteiger charge is 2.15. The fourth-order valence-corrected chi connectivity index (χ4v) is 3.92. The molecule has 2 N–H and O–H groups in total. The Labute approximate surface area is 166 Å². The average molecular weight is 398 g/mol. The van der Waals surface area contributed by atoms with Gasteiger partial charge in [0.1, 0.15) is 11.3 Å². The molecule has 0 radical (unpaired) electrons. The monoisotopic (exact) mass is 397 g/mol. The zero-order chi connectivity index (χ0) is 20.1. The lowest BCUT2D eigenvalue weighted by atomic mass is 10.1. The number of rotatable bonds is 7. The van der Waals surface area contributed by atoms with Crippen LogP contribution in [0.15, 0.2) is 62.6 Å². The van der Waals surface area contributed by atoms with Crippen molar-refractivity contribution in [3.8, 4) is 5.75 Å². The highest BCUT2D eigenvalue weighted by molar-refractivity contribution is 7.84. The van der Waals surface area contributed by atoms with Crippen LogP contribution in [0.3, 0.4) is 0 Å². The zero-order valence-corrected chi connectivity index (χ0v) is 16.7. The molecule has 6 nitrogen and oxygen atoms in total. The van der Waals surface area contributed by atoms with Crippen molar-refractivity contribution < 1.29 is 9.32 Å². The summed E-state index contributed by atoms with van der Waals surface area (Å²) >= 11 is 0. The van der Waals surface area contributed by atoms with Crippen molar-refractivity contribution >= 4 is 33.8 Å². The van der Waals surface area contributed by atoms with Gasteiger partial charge < -0.3 is 15.0 Å². The molecule has 0 saturated carbocycles. The van der Waals surface area contributed by atoms with Crippen LogP contribution >= 0.6 is 0 Å². The summed E-state index contributed by atoms with van der Waals surface area (Å²) in [6.45, 7) is 2.60. The van der Waals surface area contributed by atoms with Gasteiger partial charge in [0, 0.05) is 19.0 Å². The molecule has 3 aromatic rings. The number of aryl methyl sites for hydroxylation is 1. The van der Waals surface area contributed by atoms with Crippen molar-refractivity contribution in [2.45, 2.75) is 31.2 Å². The van der Waals surface area contributed by atoms with Crippen molar-refractivity contribution in [2.24, 2.45) is 4.40 Å². The maximum Gasteiger partial charge on any atom is 0.263 e. The van der Waals surface area contributed by atoms with Crippen molar-refractivity contribution in [1.29, 1.82) is 0 Å². The van der Waals surface area contributed by atoms with E-state index in [1.165, 1.54) is 6.21 Å². The summed E-state index contributed by atoms with van der Waals surface area (Å²) in [6, 6.07) is 14.3. The Hall–Kier alpha value is -2.93. The molecular formula is C21H23N3O3S. The third kappa shape index (κ3) is 3.84. The Balaban J connectivity index is 2.09. The highest BCUT2D eigenvalue weighted by atomic mass is 32.2. The fraction of sp³-hybridized carbons (Fsp3) is 0.238. The number of benzene rings is 2. The minimum Gasteiger partial charge on any atom is -0.506 e. The topological polar surface area (TPSA) is 83.7 Å². The molecule has 0 aliphatic carbocycles. The predicted molar refractivity (Wildman–Crippen MR) is 115 cm³/mol. The van der Waals surface area contributed by atoms with Crippen LogP contribution in [0.5, 0.6) is 5.75 Å². The molecule has 0 fully saturated rings. The van der Waals surface area contributed by atoms with E-state index >= 15 is 0 Å². The number of hydrogen-bond donors (Lipinski definition) is 2. The maximum absolute atomic E-state index is 13.0. The van der Waals surface area contributed by atoms with E-state index in [0.29, 0.717) is 28.0 Å². The first-order valence-corrected chi connectivity index (χ1v) is 10.3. The summed E-state index contributed by atoms with van der Waals surface area (Å²) in [5.74, 6) is -0.143. The van der Waals surface area contributed by atoms with E-state index in [2.05, 4.69) is 16.6 Å². The standard InChI is InChI=1S/C21H23N3O3S/c1-3-4-13-24-18-11-7-5-9-15(18)20(25)16(21(24)26)14-23-28(27)19-12-8-6-10-17(19)22-2/h5-12,14,22,25H,3-4,13H2,1-2H3/b23-14+. The van der Waals surface area contributed by atoms with Gasteiger partial charge in [0.15, 0.2) is 11.0 Å². The van der Waals surface area contributed by atoms with Crippen molar-refractivity contribution in [1.82, 2.24) is 4.57 Å². The number of nitrogens with zero attached hydrogens (tertiary/aromatic N) is 2. The number of aromatic nitrogens is 1. The lowest BCUT2D eigenvalue weighted by Crippen LogP contribution is -2.24. The third-order valence-corrected chi connectivity index (χ3v) is 5.57. The second-order valence-electron chi connectivity index (χ2n) is 6.32.